The minimum Gasteiger partial charge on any atom is -0.354 e. The molecule has 1 aliphatic rings. The van der Waals surface area contributed by atoms with Gasteiger partial charge in [0.1, 0.15) is 0 Å². The van der Waals surface area contributed by atoms with Crippen LogP contribution in [0, 0.1) is 0 Å². The van der Waals surface area contributed by atoms with Crippen molar-refractivity contribution in [3.05, 3.63) is 35.9 Å². The van der Waals surface area contributed by atoms with Crippen molar-refractivity contribution in [2.75, 3.05) is 13.1 Å². The lowest BCUT2D eigenvalue weighted by Crippen LogP contribution is -2.41. The maximum Gasteiger partial charge on any atom is 0.237 e. The lowest BCUT2D eigenvalue weighted by molar-refractivity contribution is -0.122. The molecular weight excluding hydrogens is 236 g/mol. The summed E-state index contributed by atoms with van der Waals surface area (Å²) in [4.78, 5) is 11.7. The van der Waals surface area contributed by atoms with Gasteiger partial charge < -0.3 is 10.6 Å². The second-order valence-corrected chi connectivity index (χ2v) is 4.18. The van der Waals surface area contributed by atoms with E-state index < -0.39 is 0 Å². The number of hydrogen-bond donors (Lipinski definition) is 2. The van der Waals surface area contributed by atoms with Crippen LogP contribution >= 0.6 is 12.4 Å². The van der Waals surface area contributed by atoms with Crippen LogP contribution in [0.2, 0.25) is 0 Å². The number of carbonyl (C=O) groups excluding carboxylic acids is 1. The van der Waals surface area contributed by atoms with Crippen molar-refractivity contribution in [1.29, 1.82) is 0 Å². The van der Waals surface area contributed by atoms with Crippen molar-refractivity contribution in [3.8, 4) is 0 Å². The average molecular weight is 255 g/mol. The van der Waals surface area contributed by atoms with E-state index in [2.05, 4.69) is 22.8 Å². The number of rotatable bonds is 4. The third kappa shape index (κ3) is 4.36. The second-order valence-electron chi connectivity index (χ2n) is 4.18. The molecule has 1 atom stereocenters. The van der Waals surface area contributed by atoms with Crippen LogP contribution in [0.25, 0.3) is 0 Å². The Balaban J connectivity index is 0.00000144. The normalized spacial score (nSPS) is 18.5. The minimum atomic E-state index is 0. The number of halogens is 1. The molecule has 1 aliphatic heterocycles. The third-order valence-corrected chi connectivity index (χ3v) is 2.93. The predicted molar refractivity (Wildman–Crippen MR) is 71.4 cm³/mol. The molecule has 17 heavy (non-hydrogen) atoms. The lowest BCUT2D eigenvalue weighted by atomic mass is 10.1. The smallest absolute Gasteiger partial charge is 0.237 e. The van der Waals surface area contributed by atoms with Gasteiger partial charge in [-0.3, -0.25) is 4.79 Å². The van der Waals surface area contributed by atoms with E-state index in [1.54, 1.807) is 0 Å². The fourth-order valence-corrected chi connectivity index (χ4v) is 2.01. The summed E-state index contributed by atoms with van der Waals surface area (Å²) in [5, 5.41) is 6.16. The molecule has 1 heterocycles. The molecule has 1 aromatic rings. The van der Waals surface area contributed by atoms with Gasteiger partial charge in [0.05, 0.1) is 6.04 Å². The molecule has 0 radical (unpaired) electrons. The van der Waals surface area contributed by atoms with Crippen LogP contribution in [0.5, 0.6) is 0 Å². The highest BCUT2D eigenvalue weighted by molar-refractivity contribution is 5.85. The molecule has 1 amide bonds. The molecular formula is C13H19ClN2O. The van der Waals surface area contributed by atoms with Gasteiger partial charge in [0.15, 0.2) is 0 Å². The summed E-state index contributed by atoms with van der Waals surface area (Å²) < 4.78 is 0. The largest absolute Gasteiger partial charge is 0.354 e. The van der Waals surface area contributed by atoms with E-state index in [4.69, 9.17) is 0 Å². The van der Waals surface area contributed by atoms with Gasteiger partial charge in [0.2, 0.25) is 5.91 Å². The summed E-state index contributed by atoms with van der Waals surface area (Å²) in [5.74, 6) is 0.147. The van der Waals surface area contributed by atoms with E-state index in [1.807, 2.05) is 18.2 Å². The van der Waals surface area contributed by atoms with Crippen molar-refractivity contribution in [3.63, 3.8) is 0 Å². The van der Waals surface area contributed by atoms with Crippen LogP contribution in [0.4, 0.5) is 0 Å². The average Bonchev–Trinajstić information content (AvgIpc) is 2.84. The van der Waals surface area contributed by atoms with Crippen LogP contribution in [-0.4, -0.2) is 25.0 Å². The number of nitrogens with one attached hydrogen (secondary N) is 2. The van der Waals surface area contributed by atoms with Crippen LogP contribution in [-0.2, 0) is 11.2 Å². The summed E-state index contributed by atoms with van der Waals surface area (Å²) in [6.45, 7) is 1.69. The number of amides is 1. The first kappa shape index (κ1) is 14.0. The first-order valence-corrected chi connectivity index (χ1v) is 5.91. The molecule has 1 fully saturated rings. The van der Waals surface area contributed by atoms with E-state index in [0.717, 1.165) is 32.4 Å². The molecule has 3 nitrogen and oxygen atoms in total. The van der Waals surface area contributed by atoms with Gasteiger partial charge in [-0.15, -0.1) is 12.4 Å². The van der Waals surface area contributed by atoms with Crippen molar-refractivity contribution in [2.24, 2.45) is 0 Å². The molecule has 4 heteroatoms. The Morgan fingerprint density at radius 3 is 2.76 bits per heavy atom. The van der Waals surface area contributed by atoms with Crippen LogP contribution in [0.1, 0.15) is 18.4 Å². The molecule has 1 saturated heterocycles. The van der Waals surface area contributed by atoms with Gasteiger partial charge >= 0.3 is 0 Å². The zero-order valence-electron chi connectivity index (χ0n) is 9.82. The first-order valence-electron chi connectivity index (χ1n) is 5.91. The Hall–Kier alpha value is -1.06. The zero-order chi connectivity index (χ0) is 11.2. The van der Waals surface area contributed by atoms with E-state index in [9.17, 15) is 4.79 Å². The highest BCUT2D eigenvalue weighted by atomic mass is 35.5. The number of hydrogen-bond acceptors (Lipinski definition) is 2. The maximum absolute atomic E-state index is 11.7. The molecule has 94 valence electrons. The van der Waals surface area contributed by atoms with Crippen LogP contribution in [0.15, 0.2) is 30.3 Å². The summed E-state index contributed by atoms with van der Waals surface area (Å²) in [7, 11) is 0. The van der Waals surface area contributed by atoms with Gasteiger partial charge in [-0.1, -0.05) is 30.3 Å². The summed E-state index contributed by atoms with van der Waals surface area (Å²) in [5.41, 5.74) is 1.27. The van der Waals surface area contributed by atoms with Gasteiger partial charge in [0.25, 0.3) is 0 Å². The standard InChI is InChI=1S/C13H18N2O.ClH/c16-13(12-7-4-9-14-12)15-10-8-11-5-2-1-3-6-11;/h1-3,5-6,12,14H,4,7-10H2,(H,15,16);1H/t12-;/m0./s1. The van der Waals surface area contributed by atoms with Crippen LogP contribution < -0.4 is 10.6 Å². The highest BCUT2D eigenvalue weighted by Gasteiger charge is 2.20. The molecule has 2 rings (SSSR count). The van der Waals surface area contributed by atoms with E-state index >= 15 is 0 Å². The van der Waals surface area contributed by atoms with E-state index in [0.29, 0.717) is 0 Å². The molecule has 0 aliphatic carbocycles. The fourth-order valence-electron chi connectivity index (χ4n) is 2.01. The second kappa shape index (κ2) is 7.30. The Morgan fingerprint density at radius 2 is 2.12 bits per heavy atom. The van der Waals surface area contributed by atoms with Gasteiger partial charge in [-0.2, -0.15) is 0 Å². The zero-order valence-corrected chi connectivity index (χ0v) is 10.6. The van der Waals surface area contributed by atoms with Gasteiger partial charge in [-0.25, -0.2) is 0 Å². The van der Waals surface area contributed by atoms with E-state index in [1.165, 1.54) is 5.56 Å². The molecule has 0 spiro atoms. The summed E-state index contributed by atoms with van der Waals surface area (Å²) in [6.07, 6.45) is 2.98. The Bertz CT molecular complexity index is 337. The quantitative estimate of drug-likeness (QED) is 0.856. The number of benzene rings is 1. The molecule has 0 aromatic heterocycles. The molecule has 2 N–H and O–H groups in total. The Labute approximate surface area is 108 Å². The monoisotopic (exact) mass is 254 g/mol. The Morgan fingerprint density at radius 1 is 1.35 bits per heavy atom. The van der Waals surface area contributed by atoms with Gasteiger partial charge in [0, 0.05) is 6.54 Å². The molecule has 1 aromatic carbocycles. The fraction of sp³-hybridized carbons (Fsp3) is 0.462. The van der Waals surface area contributed by atoms with Crippen molar-refractivity contribution >= 4 is 18.3 Å². The van der Waals surface area contributed by atoms with Crippen LogP contribution in [0.3, 0.4) is 0 Å². The first-order chi connectivity index (χ1) is 7.86. The van der Waals surface area contributed by atoms with Crippen molar-refractivity contribution in [1.82, 2.24) is 10.6 Å². The van der Waals surface area contributed by atoms with E-state index in [-0.39, 0.29) is 24.4 Å². The molecule has 0 bridgehead atoms. The molecule has 0 saturated carbocycles. The Kier molecular flexibility index (Phi) is 6.01. The summed E-state index contributed by atoms with van der Waals surface area (Å²) in [6, 6.07) is 10.3. The SMILES string of the molecule is Cl.O=C(NCCc1ccccc1)[C@@H]1CCCN1. The number of carbonyl (C=O) groups is 1. The van der Waals surface area contributed by atoms with Crippen molar-refractivity contribution < 1.29 is 4.79 Å². The summed E-state index contributed by atoms with van der Waals surface area (Å²) >= 11 is 0. The lowest BCUT2D eigenvalue weighted by Gasteiger charge is -2.10. The van der Waals surface area contributed by atoms with Crippen molar-refractivity contribution in [2.45, 2.75) is 25.3 Å². The highest BCUT2D eigenvalue weighted by Crippen LogP contribution is 2.04. The molecule has 0 unspecified atom stereocenters. The topological polar surface area (TPSA) is 41.1 Å². The predicted octanol–water partition coefficient (Wildman–Crippen LogP) is 1.52. The third-order valence-electron chi connectivity index (χ3n) is 2.93. The minimum absolute atomic E-state index is 0. The van der Waals surface area contributed by atoms with Gasteiger partial charge in [-0.05, 0) is 31.4 Å². The maximum atomic E-state index is 11.7.